The monoisotopic (exact) mass is 371 g/mol. The highest BCUT2D eigenvalue weighted by Gasteiger charge is 2.29. The molecule has 0 saturated carbocycles. The molecule has 1 aliphatic rings. The Morgan fingerprint density at radius 2 is 1.89 bits per heavy atom. The van der Waals surface area contributed by atoms with Crippen molar-refractivity contribution in [3.63, 3.8) is 0 Å². The maximum Gasteiger partial charge on any atom is 0.257 e. The number of para-hydroxylation sites is 2. The Morgan fingerprint density at radius 3 is 2.75 bits per heavy atom. The maximum atomic E-state index is 13.2. The van der Waals surface area contributed by atoms with Gasteiger partial charge in [-0.1, -0.05) is 42.5 Å². The van der Waals surface area contributed by atoms with Gasteiger partial charge in [0.25, 0.3) is 5.91 Å². The highest BCUT2D eigenvalue weighted by atomic mass is 16.2. The summed E-state index contributed by atoms with van der Waals surface area (Å²) in [6, 6.07) is 17.9. The molecular formula is C22H21N5O. The molecule has 1 fully saturated rings. The number of nitrogens with zero attached hydrogens (tertiary/aromatic N) is 3. The van der Waals surface area contributed by atoms with Gasteiger partial charge in [0, 0.05) is 24.6 Å². The first-order chi connectivity index (χ1) is 13.8. The van der Waals surface area contributed by atoms with Crippen molar-refractivity contribution in [2.45, 2.75) is 18.8 Å². The van der Waals surface area contributed by atoms with E-state index >= 15 is 0 Å². The van der Waals surface area contributed by atoms with Gasteiger partial charge in [-0.25, -0.2) is 4.98 Å². The van der Waals surface area contributed by atoms with Gasteiger partial charge >= 0.3 is 0 Å². The number of amides is 1. The molecule has 0 radical (unpaired) electrons. The van der Waals surface area contributed by atoms with Gasteiger partial charge in [-0.15, -0.1) is 0 Å². The van der Waals surface area contributed by atoms with Crippen molar-refractivity contribution in [1.82, 2.24) is 25.1 Å². The molecule has 4 aromatic rings. The number of hydrogen-bond donors (Lipinski definition) is 2. The first-order valence-corrected chi connectivity index (χ1v) is 9.62. The second-order valence-electron chi connectivity index (χ2n) is 7.25. The third-order valence-corrected chi connectivity index (χ3v) is 5.44. The number of hydrogen-bond acceptors (Lipinski definition) is 3. The first-order valence-electron chi connectivity index (χ1n) is 9.62. The van der Waals surface area contributed by atoms with Crippen molar-refractivity contribution in [2.75, 3.05) is 13.1 Å². The van der Waals surface area contributed by atoms with Crippen LogP contribution in [0, 0.1) is 0 Å². The normalized spacial score (nSPS) is 17.1. The minimum absolute atomic E-state index is 0.0217. The average molecular weight is 371 g/mol. The number of carbonyl (C=O) groups excluding carboxylic acids is 1. The van der Waals surface area contributed by atoms with Crippen molar-refractivity contribution in [3.05, 3.63) is 72.2 Å². The number of fused-ring (bicyclic) bond motifs is 1. The number of H-pyrrole nitrogens is 2. The van der Waals surface area contributed by atoms with Crippen LogP contribution in [-0.4, -0.2) is 44.1 Å². The summed E-state index contributed by atoms with van der Waals surface area (Å²) in [4.78, 5) is 23.3. The number of aromatic amines is 2. The zero-order valence-corrected chi connectivity index (χ0v) is 15.4. The number of benzene rings is 2. The summed E-state index contributed by atoms with van der Waals surface area (Å²) in [5.41, 5.74) is 4.38. The number of carbonyl (C=O) groups is 1. The van der Waals surface area contributed by atoms with Gasteiger partial charge in [-0.2, -0.15) is 5.10 Å². The number of likely N-dealkylation sites (tertiary alicyclic amines) is 1. The topological polar surface area (TPSA) is 77.7 Å². The van der Waals surface area contributed by atoms with E-state index in [1.54, 1.807) is 6.20 Å². The highest BCUT2D eigenvalue weighted by Crippen LogP contribution is 2.29. The van der Waals surface area contributed by atoms with Gasteiger partial charge < -0.3 is 9.88 Å². The average Bonchev–Trinajstić information content (AvgIpc) is 3.41. The van der Waals surface area contributed by atoms with Crippen molar-refractivity contribution >= 4 is 16.9 Å². The molecule has 0 aliphatic carbocycles. The van der Waals surface area contributed by atoms with Gasteiger partial charge in [0.1, 0.15) is 5.82 Å². The molecule has 2 N–H and O–H groups in total. The van der Waals surface area contributed by atoms with Crippen LogP contribution in [0.25, 0.3) is 22.3 Å². The van der Waals surface area contributed by atoms with Crippen LogP contribution in [0.2, 0.25) is 0 Å². The van der Waals surface area contributed by atoms with E-state index in [1.165, 1.54) is 0 Å². The molecule has 0 spiro atoms. The summed E-state index contributed by atoms with van der Waals surface area (Å²) in [5, 5.41) is 7.12. The largest absolute Gasteiger partial charge is 0.342 e. The van der Waals surface area contributed by atoms with Crippen LogP contribution in [0.3, 0.4) is 0 Å². The maximum absolute atomic E-state index is 13.2. The molecule has 6 nitrogen and oxygen atoms in total. The van der Waals surface area contributed by atoms with Gasteiger partial charge in [-0.3, -0.25) is 9.89 Å². The highest BCUT2D eigenvalue weighted by molar-refractivity contribution is 5.99. The molecule has 6 heteroatoms. The van der Waals surface area contributed by atoms with Crippen LogP contribution < -0.4 is 0 Å². The Kier molecular flexibility index (Phi) is 4.16. The zero-order chi connectivity index (χ0) is 18.9. The zero-order valence-electron chi connectivity index (χ0n) is 15.4. The van der Waals surface area contributed by atoms with Crippen molar-refractivity contribution in [3.8, 4) is 11.3 Å². The van der Waals surface area contributed by atoms with Crippen LogP contribution in [0.15, 0.2) is 60.8 Å². The van der Waals surface area contributed by atoms with E-state index < -0.39 is 0 Å². The van der Waals surface area contributed by atoms with Crippen molar-refractivity contribution in [2.24, 2.45) is 0 Å². The lowest BCUT2D eigenvalue weighted by atomic mass is 9.96. The lowest BCUT2D eigenvalue weighted by molar-refractivity contribution is 0.0706. The standard InChI is InChI=1S/C22H21N5O/c28-22(17-13-23-26-20(17)15-7-2-1-3-8-15)27-12-6-9-16(14-27)21-24-18-10-4-5-11-19(18)25-21/h1-5,7-8,10-11,13,16H,6,9,12,14H2,(H,23,26)(H,24,25). The fourth-order valence-corrected chi connectivity index (χ4v) is 3.99. The Bertz CT molecular complexity index is 1080. The summed E-state index contributed by atoms with van der Waals surface area (Å²) >= 11 is 0. The molecule has 28 heavy (non-hydrogen) atoms. The number of imidazole rings is 1. The molecule has 2 aromatic heterocycles. The molecule has 1 amide bonds. The Labute approximate surface area is 162 Å². The molecular weight excluding hydrogens is 350 g/mol. The number of piperidine rings is 1. The predicted octanol–water partition coefficient (Wildman–Crippen LogP) is 3.97. The number of aromatic nitrogens is 4. The molecule has 1 unspecified atom stereocenters. The second kappa shape index (κ2) is 6.96. The third kappa shape index (κ3) is 2.97. The number of nitrogens with one attached hydrogen (secondary N) is 2. The minimum Gasteiger partial charge on any atom is -0.342 e. The van der Waals surface area contributed by atoms with E-state index in [2.05, 4.69) is 15.2 Å². The van der Waals surface area contributed by atoms with E-state index in [1.807, 2.05) is 59.5 Å². The summed E-state index contributed by atoms with van der Waals surface area (Å²) in [7, 11) is 0. The van der Waals surface area contributed by atoms with E-state index in [-0.39, 0.29) is 11.8 Å². The smallest absolute Gasteiger partial charge is 0.257 e. The van der Waals surface area contributed by atoms with Crippen LogP contribution in [-0.2, 0) is 0 Å². The van der Waals surface area contributed by atoms with E-state index in [9.17, 15) is 4.79 Å². The third-order valence-electron chi connectivity index (χ3n) is 5.44. The predicted molar refractivity (Wildman–Crippen MR) is 108 cm³/mol. The van der Waals surface area contributed by atoms with E-state index in [0.29, 0.717) is 12.1 Å². The van der Waals surface area contributed by atoms with Gasteiger partial charge in [0.2, 0.25) is 0 Å². The molecule has 1 aliphatic heterocycles. The van der Waals surface area contributed by atoms with Gasteiger partial charge in [0.05, 0.1) is 28.5 Å². The van der Waals surface area contributed by atoms with Crippen molar-refractivity contribution in [1.29, 1.82) is 0 Å². The molecule has 1 atom stereocenters. The Morgan fingerprint density at radius 1 is 1.07 bits per heavy atom. The quantitative estimate of drug-likeness (QED) is 0.572. The molecule has 3 heterocycles. The summed E-state index contributed by atoms with van der Waals surface area (Å²) in [6.45, 7) is 1.42. The first kappa shape index (κ1) is 16.7. The molecule has 1 saturated heterocycles. The summed E-state index contributed by atoms with van der Waals surface area (Å²) in [6.07, 6.45) is 3.63. The SMILES string of the molecule is O=C(c1cn[nH]c1-c1ccccc1)N1CCCC(c2nc3ccccc3[nH]2)C1. The summed E-state index contributed by atoms with van der Waals surface area (Å²) in [5.74, 6) is 1.21. The van der Waals surface area contributed by atoms with Gasteiger partial charge in [0.15, 0.2) is 0 Å². The number of rotatable bonds is 3. The van der Waals surface area contributed by atoms with E-state index in [0.717, 1.165) is 47.5 Å². The van der Waals surface area contributed by atoms with Crippen molar-refractivity contribution < 1.29 is 4.79 Å². The fourth-order valence-electron chi connectivity index (χ4n) is 3.99. The molecule has 140 valence electrons. The van der Waals surface area contributed by atoms with Crippen LogP contribution in [0.4, 0.5) is 0 Å². The fraction of sp³-hybridized carbons (Fsp3) is 0.227. The van der Waals surface area contributed by atoms with Gasteiger partial charge in [-0.05, 0) is 25.0 Å². The second-order valence-corrected chi connectivity index (χ2v) is 7.25. The van der Waals surface area contributed by atoms with Crippen LogP contribution >= 0.6 is 0 Å². The molecule has 2 aromatic carbocycles. The molecule has 0 bridgehead atoms. The van der Waals surface area contributed by atoms with E-state index in [4.69, 9.17) is 4.98 Å². The van der Waals surface area contributed by atoms with Crippen LogP contribution in [0.1, 0.15) is 34.9 Å². The lowest BCUT2D eigenvalue weighted by Crippen LogP contribution is -2.39. The lowest BCUT2D eigenvalue weighted by Gasteiger charge is -2.31. The molecule has 5 rings (SSSR count). The Balaban J connectivity index is 1.40. The minimum atomic E-state index is 0.0217. The van der Waals surface area contributed by atoms with Crippen LogP contribution in [0.5, 0.6) is 0 Å². The Hall–Kier alpha value is -3.41. The summed E-state index contributed by atoms with van der Waals surface area (Å²) < 4.78 is 0.